The Morgan fingerprint density at radius 1 is 0.938 bits per heavy atom. The van der Waals surface area contributed by atoms with Crippen LogP contribution in [0.5, 0.6) is 0 Å². The van der Waals surface area contributed by atoms with Crippen LogP contribution >= 0.6 is 0 Å². The number of aryl methyl sites for hydroxylation is 1. The molecule has 0 saturated heterocycles. The molecule has 0 bridgehead atoms. The van der Waals surface area contributed by atoms with Crippen molar-refractivity contribution in [3.8, 4) is 5.69 Å². The summed E-state index contributed by atoms with van der Waals surface area (Å²) in [5.74, 6) is -0.0569. The molecule has 0 aliphatic carbocycles. The molecule has 5 rings (SSSR count). The molecule has 1 aliphatic rings. The Morgan fingerprint density at radius 3 is 2.50 bits per heavy atom. The number of hydrogen-bond acceptors (Lipinski definition) is 3. The molecule has 1 aromatic heterocycles. The first-order chi connectivity index (χ1) is 15.8. The lowest BCUT2D eigenvalue weighted by Crippen LogP contribution is -2.28. The Hall–Kier alpha value is -3.86. The summed E-state index contributed by atoms with van der Waals surface area (Å²) in [4.78, 5) is 19.1. The monoisotopic (exact) mass is 422 g/mol. The zero-order chi connectivity index (χ0) is 21.8. The summed E-state index contributed by atoms with van der Waals surface area (Å²) in [6.45, 7) is 2.43. The van der Waals surface area contributed by atoms with Crippen LogP contribution in [0.3, 0.4) is 0 Å². The lowest BCUT2D eigenvalue weighted by molar-refractivity contribution is 0.0951. The summed E-state index contributed by atoms with van der Waals surface area (Å²) in [6, 6.07) is 24.7. The molecule has 0 saturated carbocycles. The Kier molecular flexibility index (Phi) is 5.71. The van der Waals surface area contributed by atoms with E-state index in [2.05, 4.69) is 51.6 Å². The molecule has 3 aromatic carbocycles. The third kappa shape index (κ3) is 4.42. The van der Waals surface area contributed by atoms with E-state index in [1.165, 1.54) is 23.2 Å². The van der Waals surface area contributed by atoms with Crippen LogP contribution in [-0.4, -0.2) is 22.0 Å². The first-order valence-corrected chi connectivity index (χ1v) is 11.0. The lowest BCUT2D eigenvalue weighted by atomic mass is 10.0. The number of para-hydroxylation sites is 1. The van der Waals surface area contributed by atoms with Crippen molar-refractivity contribution in [1.82, 2.24) is 14.9 Å². The summed E-state index contributed by atoms with van der Waals surface area (Å²) in [7, 11) is 0. The van der Waals surface area contributed by atoms with Crippen LogP contribution in [0.25, 0.3) is 5.69 Å². The number of amides is 1. The third-order valence-corrected chi connectivity index (χ3v) is 5.99. The Labute approximate surface area is 188 Å². The maximum Gasteiger partial charge on any atom is 0.251 e. The van der Waals surface area contributed by atoms with Crippen molar-refractivity contribution < 1.29 is 4.79 Å². The van der Waals surface area contributed by atoms with E-state index in [9.17, 15) is 4.79 Å². The van der Waals surface area contributed by atoms with Gasteiger partial charge in [0.2, 0.25) is 0 Å². The Morgan fingerprint density at radius 2 is 1.72 bits per heavy atom. The van der Waals surface area contributed by atoms with E-state index in [0.717, 1.165) is 30.8 Å². The smallest absolute Gasteiger partial charge is 0.251 e. The number of imidazole rings is 1. The molecule has 4 aromatic rings. The predicted molar refractivity (Wildman–Crippen MR) is 127 cm³/mol. The molecule has 0 unspecified atom stereocenters. The summed E-state index contributed by atoms with van der Waals surface area (Å²) in [5.41, 5.74) is 6.76. The van der Waals surface area contributed by atoms with Crippen LogP contribution < -0.4 is 10.2 Å². The number of nitrogens with zero attached hydrogens (tertiary/aromatic N) is 3. The average Bonchev–Trinajstić information content (AvgIpc) is 3.39. The average molecular weight is 423 g/mol. The number of nitrogens with one attached hydrogen (secondary N) is 1. The third-order valence-electron chi connectivity index (χ3n) is 5.99. The quantitative estimate of drug-likeness (QED) is 0.488. The minimum atomic E-state index is -0.0569. The number of benzene rings is 3. The van der Waals surface area contributed by atoms with Crippen molar-refractivity contribution in [3.05, 3.63) is 114 Å². The van der Waals surface area contributed by atoms with E-state index in [4.69, 9.17) is 0 Å². The van der Waals surface area contributed by atoms with Gasteiger partial charge < -0.3 is 14.8 Å². The van der Waals surface area contributed by atoms with Gasteiger partial charge in [0.1, 0.15) is 0 Å². The van der Waals surface area contributed by atoms with Gasteiger partial charge in [0.25, 0.3) is 5.91 Å². The standard InChI is InChI=1S/C27H26N4O/c32-27(29-18-21-9-13-25(14-10-21)31-17-15-28-20-31)24-11-7-22(8-12-24)19-30-16-3-5-23-4-1-2-6-26(23)30/h1-2,4,6-15,17,20H,3,5,16,18-19H2,(H,29,32). The van der Waals surface area contributed by atoms with Crippen molar-refractivity contribution in [3.63, 3.8) is 0 Å². The fourth-order valence-electron chi connectivity index (χ4n) is 4.24. The largest absolute Gasteiger partial charge is 0.367 e. The summed E-state index contributed by atoms with van der Waals surface area (Å²) < 4.78 is 1.95. The highest BCUT2D eigenvalue weighted by atomic mass is 16.1. The van der Waals surface area contributed by atoms with Crippen LogP contribution in [0.15, 0.2) is 91.5 Å². The molecule has 1 aliphatic heterocycles. The second-order valence-corrected chi connectivity index (χ2v) is 8.17. The van der Waals surface area contributed by atoms with E-state index in [0.29, 0.717) is 12.1 Å². The lowest BCUT2D eigenvalue weighted by Gasteiger charge is -2.31. The topological polar surface area (TPSA) is 50.2 Å². The summed E-state index contributed by atoms with van der Waals surface area (Å²) in [5, 5.41) is 3.01. The van der Waals surface area contributed by atoms with Crippen LogP contribution in [0.2, 0.25) is 0 Å². The highest BCUT2D eigenvalue weighted by Gasteiger charge is 2.16. The van der Waals surface area contributed by atoms with E-state index in [-0.39, 0.29) is 5.91 Å². The van der Waals surface area contributed by atoms with Crippen LogP contribution in [0, 0.1) is 0 Å². The predicted octanol–water partition coefficient (Wildman–Crippen LogP) is 4.76. The van der Waals surface area contributed by atoms with Gasteiger partial charge in [-0.3, -0.25) is 4.79 Å². The molecule has 0 radical (unpaired) electrons. The normalized spacial score (nSPS) is 12.9. The zero-order valence-electron chi connectivity index (χ0n) is 17.9. The molecule has 160 valence electrons. The van der Waals surface area contributed by atoms with Crippen molar-refractivity contribution in [2.75, 3.05) is 11.4 Å². The number of rotatable bonds is 6. The highest BCUT2D eigenvalue weighted by molar-refractivity contribution is 5.94. The number of carbonyl (C=O) groups is 1. The van der Waals surface area contributed by atoms with Gasteiger partial charge in [-0.25, -0.2) is 4.98 Å². The molecule has 2 heterocycles. The molecule has 5 nitrogen and oxygen atoms in total. The molecule has 5 heteroatoms. The first kappa shape index (κ1) is 20.1. The van der Waals surface area contributed by atoms with Crippen molar-refractivity contribution in [1.29, 1.82) is 0 Å². The van der Waals surface area contributed by atoms with Gasteiger partial charge in [0.15, 0.2) is 0 Å². The Balaban J connectivity index is 1.18. The number of carbonyl (C=O) groups excluding carboxylic acids is 1. The molecule has 0 spiro atoms. The van der Waals surface area contributed by atoms with E-state index in [1.807, 2.05) is 47.2 Å². The number of fused-ring (bicyclic) bond motifs is 1. The fraction of sp³-hybridized carbons (Fsp3) is 0.185. The second-order valence-electron chi connectivity index (χ2n) is 8.17. The molecular formula is C27H26N4O. The Bertz CT molecular complexity index is 1180. The van der Waals surface area contributed by atoms with Gasteiger partial charge in [-0.15, -0.1) is 0 Å². The molecule has 1 amide bonds. The maximum absolute atomic E-state index is 12.6. The SMILES string of the molecule is O=C(NCc1ccc(-n2ccnc2)cc1)c1ccc(CN2CCCc3ccccc32)cc1. The van der Waals surface area contributed by atoms with Gasteiger partial charge in [-0.2, -0.15) is 0 Å². The van der Waals surface area contributed by atoms with E-state index >= 15 is 0 Å². The highest BCUT2D eigenvalue weighted by Crippen LogP contribution is 2.28. The van der Waals surface area contributed by atoms with Crippen LogP contribution in [0.4, 0.5) is 5.69 Å². The molecule has 0 atom stereocenters. The van der Waals surface area contributed by atoms with Gasteiger partial charge in [-0.05, 0) is 59.9 Å². The number of hydrogen-bond donors (Lipinski definition) is 1. The first-order valence-electron chi connectivity index (χ1n) is 11.0. The van der Waals surface area contributed by atoms with Crippen LogP contribution in [-0.2, 0) is 19.5 Å². The molecule has 32 heavy (non-hydrogen) atoms. The maximum atomic E-state index is 12.6. The van der Waals surface area contributed by atoms with E-state index in [1.54, 1.807) is 12.5 Å². The number of aromatic nitrogens is 2. The summed E-state index contributed by atoms with van der Waals surface area (Å²) in [6.07, 6.45) is 7.76. The van der Waals surface area contributed by atoms with Crippen LogP contribution in [0.1, 0.15) is 33.5 Å². The van der Waals surface area contributed by atoms with E-state index < -0.39 is 0 Å². The van der Waals surface area contributed by atoms with Gasteiger partial charge in [0.05, 0.1) is 6.33 Å². The molecule has 1 N–H and O–H groups in total. The molecule has 0 fully saturated rings. The van der Waals surface area contributed by atoms with Gasteiger partial charge in [0, 0.05) is 49.0 Å². The second kappa shape index (κ2) is 9.10. The minimum Gasteiger partial charge on any atom is -0.367 e. The van der Waals surface area contributed by atoms with Crippen molar-refractivity contribution >= 4 is 11.6 Å². The molecular weight excluding hydrogens is 396 g/mol. The fourth-order valence-corrected chi connectivity index (χ4v) is 4.24. The minimum absolute atomic E-state index is 0.0569. The number of anilines is 1. The summed E-state index contributed by atoms with van der Waals surface area (Å²) >= 11 is 0. The van der Waals surface area contributed by atoms with Crippen molar-refractivity contribution in [2.45, 2.75) is 25.9 Å². The zero-order valence-corrected chi connectivity index (χ0v) is 17.9. The van der Waals surface area contributed by atoms with Gasteiger partial charge >= 0.3 is 0 Å². The van der Waals surface area contributed by atoms with Crippen molar-refractivity contribution in [2.24, 2.45) is 0 Å². The van der Waals surface area contributed by atoms with Gasteiger partial charge in [-0.1, -0.05) is 42.5 Å².